The largest absolute Gasteiger partial charge is 0.356 e. The predicted molar refractivity (Wildman–Crippen MR) is 79.9 cm³/mol. The highest BCUT2D eigenvalue weighted by Gasteiger charge is 2.13. The number of rotatable bonds is 7. The Labute approximate surface area is 116 Å². The summed E-state index contributed by atoms with van der Waals surface area (Å²) in [7, 11) is 0. The molecule has 0 spiro atoms. The molecule has 3 heteroatoms. The average Bonchev–Trinajstić information content (AvgIpc) is 2.39. The second-order valence-electron chi connectivity index (χ2n) is 5.56. The lowest BCUT2D eigenvalue weighted by molar-refractivity contribution is -0.121. The van der Waals surface area contributed by atoms with Gasteiger partial charge in [-0.3, -0.25) is 4.79 Å². The molecule has 3 nitrogen and oxygen atoms in total. The molecule has 0 heterocycles. The summed E-state index contributed by atoms with van der Waals surface area (Å²) in [4.78, 5) is 11.7. The summed E-state index contributed by atoms with van der Waals surface area (Å²) in [6, 6.07) is 10.3. The number of amides is 1. The van der Waals surface area contributed by atoms with E-state index in [-0.39, 0.29) is 11.9 Å². The molecule has 1 aromatic rings. The molecule has 19 heavy (non-hydrogen) atoms. The van der Waals surface area contributed by atoms with Crippen molar-refractivity contribution in [3.05, 3.63) is 35.9 Å². The number of carbonyl (C=O) groups excluding carboxylic acids is 1. The lowest BCUT2D eigenvalue weighted by atomic mass is 9.98. The van der Waals surface area contributed by atoms with E-state index in [0.29, 0.717) is 24.8 Å². The lowest BCUT2D eigenvalue weighted by Gasteiger charge is -2.16. The van der Waals surface area contributed by atoms with Gasteiger partial charge >= 0.3 is 0 Å². The molecule has 2 unspecified atom stereocenters. The molecule has 1 rings (SSSR count). The Morgan fingerprint density at radius 2 is 1.84 bits per heavy atom. The van der Waals surface area contributed by atoms with Crippen LogP contribution in [0.15, 0.2) is 30.3 Å². The van der Waals surface area contributed by atoms with Crippen molar-refractivity contribution in [1.29, 1.82) is 0 Å². The van der Waals surface area contributed by atoms with Crippen LogP contribution in [0.5, 0.6) is 0 Å². The van der Waals surface area contributed by atoms with E-state index in [9.17, 15) is 4.79 Å². The molecular weight excluding hydrogens is 236 g/mol. The first kappa shape index (κ1) is 15.7. The van der Waals surface area contributed by atoms with Gasteiger partial charge in [0.25, 0.3) is 0 Å². The Kier molecular flexibility index (Phi) is 6.57. The van der Waals surface area contributed by atoms with E-state index in [4.69, 9.17) is 5.73 Å². The molecule has 0 aliphatic carbocycles. The Hall–Kier alpha value is -1.35. The van der Waals surface area contributed by atoms with Crippen LogP contribution in [0.25, 0.3) is 0 Å². The Bertz CT molecular complexity index is 376. The smallest absolute Gasteiger partial charge is 0.221 e. The number of hydrogen-bond acceptors (Lipinski definition) is 2. The maximum absolute atomic E-state index is 11.7. The molecule has 1 aromatic carbocycles. The van der Waals surface area contributed by atoms with Crippen LogP contribution in [0.1, 0.15) is 45.1 Å². The minimum absolute atomic E-state index is 0.0495. The van der Waals surface area contributed by atoms with E-state index in [1.807, 2.05) is 32.0 Å². The summed E-state index contributed by atoms with van der Waals surface area (Å²) >= 11 is 0. The van der Waals surface area contributed by atoms with Gasteiger partial charge in [-0.2, -0.15) is 0 Å². The highest BCUT2D eigenvalue weighted by atomic mass is 16.1. The van der Waals surface area contributed by atoms with Crippen molar-refractivity contribution in [1.82, 2.24) is 5.32 Å². The van der Waals surface area contributed by atoms with Gasteiger partial charge in [-0.15, -0.1) is 0 Å². The minimum Gasteiger partial charge on any atom is -0.356 e. The first-order valence-corrected chi connectivity index (χ1v) is 7.08. The summed E-state index contributed by atoms with van der Waals surface area (Å²) in [6.07, 6.45) is 1.37. The number of nitrogens with one attached hydrogen (secondary N) is 1. The standard InChI is InChI=1S/C16H26N2O/c1-12(2)15(17)11-16(19)18-10-9-13(3)14-7-5-4-6-8-14/h4-8,12-13,15H,9-11,17H2,1-3H3,(H,18,19). The van der Waals surface area contributed by atoms with E-state index in [1.165, 1.54) is 5.56 Å². The molecule has 3 N–H and O–H groups in total. The van der Waals surface area contributed by atoms with Crippen molar-refractivity contribution in [2.45, 2.75) is 45.6 Å². The normalized spacial score (nSPS) is 14.2. The molecular formula is C16H26N2O. The van der Waals surface area contributed by atoms with E-state index in [0.717, 1.165) is 6.42 Å². The van der Waals surface area contributed by atoms with Crippen molar-refractivity contribution in [2.75, 3.05) is 6.54 Å². The zero-order valence-electron chi connectivity index (χ0n) is 12.2. The van der Waals surface area contributed by atoms with Gasteiger partial charge in [0.15, 0.2) is 0 Å². The summed E-state index contributed by atoms with van der Waals surface area (Å²) in [5, 5.41) is 2.95. The summed E-state index contributed by atoms with van der Waals surface area (Å²) < 4.78 is 0. The third kappa shape index (κ3) is 5.88. The fourth-order valence-electron chi connectivity index (χ4n) is 1.90. The molecule has 106 valence electrons. The van der Waals surface area contributed by atoms with Crippen molar-refractivity contribution < 1.29 is 4.79 Å². The van der Waals surface area contributed by atoms with Gasteiger partial charge in [0.05, 0.1) is 0 Å². The van der Waals surface area contributed by atoms with Crippen LogP contribution in [0, 0.1) is 5.92 Å². The Morgan fingerprint density at radius 3 is 2.42 bits per heavy atom. The van der Waals surface area contributed by atoms with E-state index < -0.39 is 0 Å². The van der Waals surface area contributed by atoms with Gasteiger partial charge in [-0.1, -0.05) is 51.1 Å². The monoisotopic (exact) mass is 262 g/mol. The fourth-order valence-corrected chi connectivity index (χ4v) is 1.90. The molecule has 0 saturated carbocycles. The highest BCUT2D eigenvalue weighted by Crippen LogP contribution is 2.17. The predicted octanol–water partition coefficient (Wildman–Crippen LogP) is 2.67. The molecule has 0 saturated heterocycles. The molecule has 0 radical (unpaired) electrons. The molecule has 0 fully saturated rings. The first-order valence-electron chi connectivity index (χ1n) is 7.08. The van der Waals surface area contributed by atoms with E-state index in [2.05, 4.69) is 24.4 Å². The SMILES string of the molecule is CC(CCNC(=O)CC(N)C(C)C)c1ccccc1. The van der Waals surface area contributed by atoms with Crippen LogP contribution in [-0.4, -0.2) is 18.5 Å². The van der Waals surface area contributed by atoms with Crippen molar-refractivity contribution in [3.8, 4) is 0 Å². The van der Waals surface area contributed by atoms with Crippen LogP contribution >= 0.6 is 0 Å². The van der Waals surface area contributed by atoms with Crippen molar-refractivity contribution in [2.24, 2.45) is 11.7 Å². The molecule has 0 bridgehead atoms. The van der Waals surface area contributed by atoms with E-state index in [1.54, 1.807) is 0 Å². The molecule has 0 aliphatic rings. The van der Waals surface area contributed by atoms with Gasteiger partial charge in [0.2, 0.25) is 5.91 Å². The molecule has 1 amide bonds. The second kappa shape index (κ2) is 7.95. The Morgan fingerprint density at radius 1 is 1.21 bits per heavy atom. The summed E-state index contributed by atoms with van der Waals surface area (Å²) in [6.45, 7) is 6.96. The minimum atomic E-state index is -0.0495. The number of hydrogen-bond donors (Lipinski definition) is 2. The zero-order valence-corrected chi connectivity index (χ0v) is 12.2. The van der Waals surface area contributed by atoms with Gasteiger partial charge in [0, 0.05) is 19.0 Å². The topological polar surface area (TPSA) is 55.1 Å². The number of benzene rings is 1. The average molecular weight is 262 g/mol. The highest BCUT2D eigenvalue weighted by molar-refractivity contribution is 5.76. The van der Waals surface area contributed by atoms with Crippen LogP contribution < -0.4 is 11.1 Å². The van der Waals surface area contributed by atoms with Gasteiger partial charge in [-0.25, -0.2) is 0 Å². The quantitative estimate of drug-likeness (QED) is 0.793. The van der Waals surface area contributed by atoms with Crippen LogP contribution in [0.2, 0.25) is 0 Å². The summed E-state index contributed by atoms with van der Waals surface area (Å²) in [5.41, 5.74) is 7.19. The van der Waals surface area contributed by atoms with Crippen LogP contribution in [0.3, 0.4) is 0 Å². The fraction of sp³-hybridized carbons (Fsp3) is 0.562. The zero-order chi connectivity index (χ0) is 14.3. The maximum atomic E-state index is 11.7. The number of nitrogens with two attached hydrogens (primary N) is 1. The number of carbonyl (C=O) groups is 1. The molecule has 0 aliphatic heterocycles. The van der Waals surface area contributed by atoms with Gasteiger partial charge < -0.3 is 11.1 Å². The lowest BCUT2D eigenvalue weighted by Crippen LogP contribution is -2.35. The van der Waals surface area contributed by atoms with Crippen LogP contribution in [-0.2, 0) is 4.79 Å². The molecule has 0 aromatic heterocycles. The Balaban J connectivity index is 2.25. The second-order valence-corrected chi connectivity index (χ2v) is 5.56. The third-order valence-corrected chi connectivity index (χ3v) is 3.55. The summed E-state index contributed by atoms with van der Waals surface area (Å²) in [5.74, 6) is 0.857. The first-order chi connectivity index (χ1) is 9.00. The van der Waals surface area contributed by atoms with E-state index >= 15 is 0 Å². The maximum Gasteiger partial charge on any atom is 0.221 e. The van der Waals surface area contributed by atoms with Gasteiger partial charge in [0.1, 0.15) is 0 Å². The van der Waals surface area contributed by atoms with Crippen molar-refractivity contribution >= 4 is 5.91 Å². The van der Waals surface area contributed by atoms with Crippen molar-refractivity contribution in [3.63, 3.8) is 0 Å². The third-order valence-electron chi connectivity index (χ3n) is 3.55. The molecule has 2 atom stereocenters. The van der Waals surface area contributed by atoms with Crippen LogP contribution in [0.4, 0.5) is 0 Å². The van der Waals surface area contributed by atoms with Gasteiger partial charge in [-0.05, 0) is 23.8 Å².